The van der Waals surface area contributed by atoms with Gasteiger partial charge in [-0.3, -0.25) is 4.79 Å². The van der Waals surface area contributed by atoms with Crippen molar-refractivity contribution >= 4 is 39.7 Å². The van der Waals surface area contributed by atoms with Gasteiger partial charge in [0.05, 0.1) is 27.7 Å². The normalized spacial score (nSPS) is 12.4. The number of aromatic carboxylic acids is 1. The summed E-state index contributed by atoms with van der Waals surface area (Å²) in [6, 6.07) is 22.1. The van der Waals surface area contributed by atoms with Crippen molar-refractivity contribution in [2.75, 3.05) is 0 Å². The summed E-state index contributed by atoms with van der Waals surface area (Å²) in [5.41, 5.74) is 4.38. The molecule has 200 valence electrons. The largest absolute Gasteiger partial charge is 0.478 e. The summed E-state index contributed by atoms with van der Waals surface area (Å²) < 4.78 is 34.2. The van der Waals surface area contributed by atoms with E-state index in [0.29, 0.717) is 22.6 Å². The van der Waals surface area contributed by atoms with Crippen LogP contribution in [-0.2, 0) is 14.8 Å². The molecule has 3 N–H and O–H groups in total. The number of carboxylic acid groups (broad SMARTS) is 1. The maximum Gasteiger partial charge on any atom is 0.337 e. The number of furan rings is 1. The fourth-order valence-electron chi connectivity index (χ4n) is 3.70. The van der Waals surface area contributed by atoms with Crippen LogP contribution in [0.4, 0.5) is 0 Å². The SMILES string of the molecule is Cc1ccc(S(=O)(=O)N[C@@H](CC(=O)N/N=C\c2ccc(-c3ccc(Cl)c(C(=O)O)c3)o2)c2ccccc2)cc1. The van der Waals surface area contributed by atoms with Crippen molar-refractivity contribution < 1.29 is 27.5 Å². The number of nitrogens with one attached hydrogen (secondary N) is 2. The molecule has 9 nitrogen and oxygen atoms in total. The van der Waals surface area contributed by atoms with Gasteiger partial charge in [0.2, 0.25) is 15.9 Å². The maximum atomic E-state index is 13.0. The number of hydrogen-bond acceptors (Lipinski definition) is 6. The molecule has 11 heteroatoms. The first-order chi connectivity index (χ1) is 18.6. The van der Waals surface area contributed by atoms with E-state index in [1.165, 1.54) is 30.5 Å². The Labute approximate surface area is 230 Å². The quantitative estimate of drug-likeness (QED) is 0.179. The Kier molecular flexibility index (Phi) is 8.60. The Morgan fingerprint density at radius 2 is 1.74 bits per heavy atom. The third kappa shape index (κ3) is 7.20. The highest BCUT2D eigenvalue weighted by atomic mass is 35.5. The zero-order chi connectivity index (χ0) is 28.0. The highest BCUT2D eigenvalue weighted by Crippen LogP contribution is 2.27. The molecule has 0 radical (unpaired) electrons. The van der Waals surface area contributed by atoms with Gasteiger partial charge in [0.1, 0.15) is 11.5 Å². The number of nitrogens with zero attached hydrogens (tertiary/aromatic N) is 1. The fourth-order valence-corrected chi connectivity index (χ4v) is 5.13. The smallest absolute Gasteiger partial charge is 0.337 e. The summed E-state index contributed by atoms with van der Waals surface area (Å²) in [4.78, 5) is 24.1. The second-order valence-electron chi connectivity index (χ2n) is 8.60. The number of carboxylic acids is 1. The number of hydrogen-bond donors (Lipinski definition) is 3. The molecule has 0 unspecified atom stereocenters. The van der Waals surface area contributed by atoms with E-state index in [1.807, 2.05) is 6.92 Å². The zero-order valence-corrected chi connectivity index (χ0v) is 22.2. The van der Waals surface area contributed by atoms with E-state index in [2.05, 4.69) is 15.2 Å². The summed E-state index contributed by atoms with van der Waals surface area (Å²) in [6.07, 6.45) is 1.07. The number of sulfonamides is 1. The van der Waals surface area contributed by atoms with Gasteiger partial charge in [-0.25, -0.2) is 23.4 Å². The van der Waals surface area contributed by atoms with Gasteiger partial charge >= 0.3 is 5.97 Å². The topological polar surface area (TPSA) is 138 Å². The second-order valence-corrected chi connectivity index (χ2v) is 10.7. The highest BCUT2D eigenvalue weighted by Gasteiger charge is 2.23. The van der Waals surface area contributed by atoms with Crippen LogP contribution in [0, 0.1) is 6.92 Å². The van der Waals surface area contributed by atoms with Crippen molar-refractivity contribution in [1.29, 1.82) is 0 Å². The number of benzene rings is 3. The first-order valence-electron chi connectivity index (χ1n) is 11.7. The van der Waals surface area contributed by atoms with Gasteiger partial charge in [-0.05, 0) is 55.0 Å². The Balaban J connectivity index is 1.44. The van der Waals surface area contributed by atoms with Crippen molar-refractivity contribution in [2.24, 2.45) is 5.10 Å². The Morgan fingerprint density at radius 1 is 1.03 bits per heavy atom. The molecule has 0 aliphatic rings. The monoisotopic (exact) mass is 565 g/mol. The molecular weight excluding hydrogens is 542 g/mol. The average molecular weight is 566 g/mol. The van der Waals surface area contributed by atoms with Crippen LogP contribution in [0.25, 0.3) is 11.3 Å². The minimum absolute atomic E-state index is 0.0565. The van der Waals surface area contributed by atoms with Crippen LogP contribution in [0.1, 0.15) is 39.7 Å². The van der Waals surface area contributed by atoms with E-state index in [0.717, 1.165) is 5.56 Å². The van der Waals surface area contributed by atoms with Gasteiger partial charge in [0, 0.05) is 12.0 Å². The molecule has 0 saturated carbocycles. The molecule has 1 aromatic heterocycles. The van der Waals surface area contributed by atoms with Crippen LogP contribution in [0.2, 0.25) is 5.02 Å². The Hall–Kier alpha value is -4.25. The number of amides is 1. The van der Waals surface area contributed by atoms with E-state index >= 15 is 0 Å². The summed E-state index contributed by atoms with van der Waals surface area (Å²) in [7, 11) is -3.90. The van der Waals surface area contributed by atoms with Crippen molar-refractivity contribution in [2.45, 2.75) is 24.3 Å². The minimum atomic E-state index is -3.90. The minimum Gasteiger partial charge on any atom is -0.478 e. The molecule has 0 aliphatic carbocycles. The average Bonchev–Trinajstić information content (AvgIpc) is 3.38. The maximum absolute atomic E-state index is 13.0. The second kappa shape index (κ2) is 12.1. The lowest BCUT2D eigenvalue weighted by Gasteiger charge is -2.18. The van der Waals surface area contributed by atoms with E-state index in [4.69, 9.17) is 16.0 Å². The molecule has 4 aromatic rings. The number of halogens is 1. The highest BCUT2D eigenvalue weighted by molar-refractivity contribution is 7.89. The van der Waals surface area contributed by atoms with Gasteiger partial charge < -0.3 is 9.52 Å². The molecule has 1 atom stereocenters. The van der Waals surface area contributed by atoms with Crippen LogP contribution in [-0.4, -0.2) is 31.6 Å². The number of carbonyl (C=O) groups is 2. The molecule has 3 aromatic carbocycles. The number of hydrazone groups is 1. The zero-order valence-electron chi connectivity index (χ0n) is 20.7. The molecule has 39 heavy (non-hydrogen) atoms. The molecule has 0 aliphatic heterocycles. The van der Waals surface area contributed by atoms with Crippen LogP contribution in [0.15, 0.2) is 99.3 Å². The first-order valence-corrected chi connectivity index (χ1v) is 13.6. The van der Waals surface area contributed by atoms with Gasteiger partial charge in [-0.1, -0.05) is 59.6 Å². The summed E-state index contributed by atoms with van der Waals surface area (Å²) >= 11 is 5.92. The van der Waals surface area contributed by atoms with E-state index < -0.39 is 27.9 Å². The number of rotatable bonds is 10. The van der Waals surface area contributed by atoms with Gasteiger partial charge in [0.15, 0.2) is 0 Å². The first kappa shape index (κ1) is 27.8. The van der Waals surface area contributed by atoms with Crippen molar-refractivity contribution in [3.63, 3.8) is 0 Å². The van der Waals surface area contributed by atoms with Crippen LogP contribution in [0.3, 0.4) is 0 Å². The molecular formula is C28H24ClN3O6S. The summed E-state index contributed by atoms with van der Waals surface area (Å²) in [5.74, 6) is -0.997. The number of aryl methyl sites for hydroxylation is 1. The molecule has 1 heterocycles. The molecule has 0 fully saturated rings. The molecule has 0 saturated heterocycles. The third-order valence-corrected chi connectivity index (χ3v) is 7.53. The Bertz CT molecular complexity index is 1620. The summed E-state index contributed by atoms with van der Waals surface area (Å²) in [5, 5.41) is 13.3. The van der Waals surface area contributed by atoms with Gasteiger partial charge in [-0.15, -0.1) is 0 Å². The van der Waals surface area contributed by atoms with Gasteiger partial charge in [0.25, 0.3) is 0 Å². The lowest BCUT2D eigenvalue weighted by atomic mass is 10.0. The van der Waals surface area contributed by atoms with Crippen LogP contribution in [0.5, 0.6) is 0 Å². The van der Waals surface area contributed by atoms with Crippen LogP contribution >= 0.6 is 11.6 Å². The van der Waals surface area contributed by atoms with E-state index in [1.54, 1.807) is 60.7 Å². The van der Waals surface area contributed by atoms with Crippen molar-refractivity contribution in [3.05, 3.63) is 112 Å². The van der Waals surface area contributed by atoms with Crippen molar-refractivity contribution in [3.8, 4) is 11.3 Å². The standard InChI is InChI=1S/C28H24ClN3O6S/c1-18-7-11-22(12-8-18)39(36,37)32-25(19-5-3-2-4-6-19)16-27(33)31-30-17-21-10-14-26(38-21)20-9-13-24(29)23(15-20)28(34)35/h2-15,17,25,32H,16H2,1H3,(H,31,33)(H,34,35)/b30-17-/t25-/m0/s1. The van der Waals surface area contributed by atoms with Crippen molar-refractivity contribution in [1.82, 2.24) is 10.1 Å². The van der Waals surface area contributed by atoms with Gasteiger partial charge in [-0.2, -0.15) is 5.10 Å². The number of carbonyl (C=O) groups excluding carboxylic acids is 1. The van der Waals surface area contributed by atoms with E-state index in [-0.39, 0.29) is 21.9 Å². The molecule has 1 amide bonds. The molecule has 0 spiro atoms. The van der Waals surface area contributed by atoms with Crippen LogP contribution < -0.4 is 10.1 Å². The lowest BCUT2D eigenvalue weighted by Crippen LogP contribution is -2.32. The molecule has 4 rings (SSSR count). The third-order valence-electron chi connectivity index (χ3n) is 5.71. The molecule has 0 bridgehead atoms. The summed E-state index contributed by atoms with van der Waals surface area (Å²) in [6.45, 7) is 1.86. The predicted molar refractivity (Wildman–Crippen MR) is 147 cm³/mol. The fraction of sp³-hybridized carbons (Fsp3) is 0.107. The van der Waals surface area contributed by atoms with E-state index in [9.17, 15) is 23.1 Å². The Morgan fingerprint density at radius 3 is 2.44 bits per heavy atom. The lowest BCUT2D eigenvalue weighted by molar-refractivity contribution is -0.121. The predicted octanol–water partition coefficient (Wildman–Crippen LogP) is 5.17.